The lowest BCUT2D eigenvalue weighted by molar-refractivity contribution is 0.349. The van der Waals surface area contributed by atoms with Crippen molar-refractivity contribution in [2.75, 3.05) is 5.73 Å². The number of rotatable bonds is 2. The van der Waals surface area contributed by atoms with Crippen molar-refractivity contribution in [3.63, 3.8) is 0 Å². The van der Waals surface area contributed by atoms with E-state index in [0.29, 0.717) is 11.5 Å². The molecule has 3 rings (SSSR count). The van der Waals surface area contributed by atoms with Crippen molar-refractivity contribution in [3.8, 4) is 11.4 Å². The number of nitrogen functional groups attached to an aromatic ring is 1. The molecule has 0 radical (unpaired) electrons. The third-order valence-electron chi connectivity index (χ3n) is 4.28. The Hall–Kier alpha value is -1.91. The van der Waals surface area contributed by atoms with Gasteiger partial charge < -0.3 is 5.73 Å². The molecule has 0 aliphatic heterocycles. The maximum atomic E-state index is 5.90. The van der Waals surface area contributed by atoms with Crippen LogP contribution in [0.1, 0.15) is 44.7 Å². The highest BCUT2D eigenvalue weighted by Gasteiger charge is 2.34. The highest BCUT2D eigenvalue weighted by atomic mass is 15.5. The molecule has 1 unspecified atom stereocenters. The average molecular weight is 271 g/mol. The van der Waals surface area contributed by atoms with Gasteiger partial charge in [0.1, 0.15) is 0 Å². The van der Waals surface area contributed by atoms with Gasteiger partial charge in [-0.3, -0.25) is 0 Å². The van der Waals surface area contributed by atoms with E-state index < -0.39 is 0 Å². The number of anilines is 1. The first-order valence-electron chi connectivity index (χ1n) is 7.11. The molecule has 2 N–H and O–H groups in total. The zero-order chi connectivity index (χ0) is 14.3. The predicted molar refractivity (Wildman–Crippen MR) is 79.1 cm³/mol. The summed E-state index contributed by atoms with van der Waals surface area (Å²) in [6.45, 7) is 6.68. The summed E-state index contributed by atoms with van der Waals surface area (Å²) in [5, 5.41) is 12.3. The summed E-state index contributed by atoms with van der Waals surface area (Å²) in [5.41, 5.74) is 9.19. The number of aryl methyl sites for hydroxylation is 1. The smallest absolute Gasteiger partial charge is 0.182 e. The van der Waals surface area contributed by atoms with Crippen LogP contribution in [0.3, 0.4) is 0 Å². The van der Waals surface area contributed by atoms with Gasteiger partial charge in [-0.2, -0.15) is 0 Å². The lowest BCUT2D eigenvalue weighted by Crippen LogP contribution is -2.12. The number of aromatic nitrogens is 4. The molecule has 1 aliphatic carbocycles. The number of hydrogen-bond acceptors (Lipinski definition) is 4. The zero-order valence-corrected chi connectivity index (χ0v) is 12.3. The summed E-state index contributed by atoms with van der Waals surface area (Å²) < 4.78 is 1.98. The van der Waals surface area contributed by atoms with Crippen LogP contribution in [0.4, 0.5) is 5.69 Å². The maximum absolute atomic E-state index is 5.90. The molecule has 0 saturated heterocycles. The van der Waals surface area contributed by atoms with Gasteiger partial charge in [0.25, 0.3) is 0 Å². The standard InChI is InChI=1S/C15H21N5/c1-10-4-5-11(16)8-13(10)14-17-18-19-20(14)12-6-7-15(2,3)9-12/h4-5,8,12H,6-7,9,16H2,1-3H3. The Morgan fingerprint density at radius 2 is 2.15 bits per heavy atom. The number of nitrogens with two attached hydrogens (primary N) is 1. The molecule has 1 aliphatic rings. The number of nitrogens with zero attached hydrogens (tertiary/aromatic N) is 4. The SMILES string of the molecule is Cc1ccc(N)cc1-c1nnnn1C1CCC(C)(C)C1. The highest BCUT2D eigenvalue weighted by Crippen LogP contribution is 2.44. The Balaban J connectivity index is 2.01. The Morgan fingerprint density at radius 1 is 1.35 bits per heavy atom. The molecule has 5 heteroatoms. The van der Waals surface area contributed by atoms with E-state index in [1.54, 1.807) is 0 Å². The molecule has 1 saturated carbocycles. The second kappa shape index (κ2) is 4.58. The molecule has 1 heterocycles. The van der Waals surface area contributed by atoms with Crippen molar-refractivity contribution >= 4 is 5.69 Å². The zero-order valence-electron chi connectivity index (χ0n) is 12.3. The van der Waals surface area contributed by atoms with Gasteiger partial charge in [0.2, 0.25) is 0 Å². The Labute approximate surface area is 119 Å². The van der Waals surface area contributed by atoms with E-state index in [2.05, 4.69) is 36.3 Å². The highest BCUT2D eigenvalue weighted by molar-refractivity contribution is 5.65. The van der Waals surface area contributed by atoms with Crippen molar-refractivity contribution in [1.29, 1.82) is 0 Å². The second-order valence-electron chi connectivity index (χ2n) is 6.58. The lowest BCUT2D eigenvalue weighted by Gasteiger charge is -2.18. The second-order valence-corrected chi connectivity index (χ2v) is 6.58. The summed E-state index contributed by atoms with van der Waals surface area (Å²) in [4.78, 5) is 0. The normalized spacial score (nSPS) is 21.2. The number of benzene rings is 1. The molecule has 2 aromatic rings. The Morgan fingerprint density at radius 3 is 2.85 bits per heavy atom. The maximum Gasteiger partial charge on any atom is 0.182 e. The first-order valence-corrected chi connectivity index (χ1v) is 7.11. The van der Waals surface area contributed by atoms with Crippen LogP contribution in [0.15, 0.2) is 18.2 Å². The van der Waals surface area contributed by atoms with Crippen LogP contribution in [-0.4, -0.2) is 20.2 Å². The topological polar surface area (TPSA) is 69.6 Å². The first-order chi connectivity index (χ1) is 9.46. The van der Waals surface area contributed by atoms with Crippen LogP contribution < -0.4 is 5.73 Å². The molecular weight excluding hydrogens is 250 g/mol. The van der Waals surface area contributed by atoms with Gasteiger partial charge in [-0.15, -0.1) is 5.10 Å². The first kappa shape index (κ1) is 13.1. The minimum Gasteiger partial charge on any atom is -0.399 e. The summed E-state index contributed by atoms with van der Waals surface area (Å²) in [6.07, 6.45) is 3.46. The fraction of sp³-hybridized carbons (Fsp3) is 0.533. The summed E-state index contributed by atoms with van der Waals surface area (Å²) in [6, 6.07) is 6.27. The van der Waals surface area contributed by atoms with Crippen molar-refractivity contribution in [1.82, 2.24) is 20.2 Å². The van der Waals surface area contributed by atoms with Gasteiger partial charge in [0.15, 0.2) is 5.82 Å². The number of tetrazole rings is 1. The summed E-state index contributed by atoms with van der Waals surface area (Å²) in [7, 11) is 0. The lowest BCUT2D eigenvalue weighted by atomic mass is 9.92. The van der Waals surface area contributed by atoms with Gasteiger partial charge in [-0.25, -0.2) is 4.68 Å². The molecule has 5 nitrogen and oxygen atoms in total. The monoisotopic (exact) mass is 271 g/mol. The molecule has 0 amide bonds. The van der Waals surface area contributed by atoms with E-state index in [0.717, 1.165) is 35.5 Å². The molecule has 1 atom stereocenters. The van der Waals surface area contributed by atoms with Gasteiger partial charge in [0, 0.05) is 11.3 Å². The molecule has 1 aromatic carbocycles. The molecule has 20 heavy (non-hydrogen) atoms. The van der Waals surface area contributed by atoms with E-state index in [-0.39, 0.29) is 0 Å². The quantitative estimate of drug-likeness (QED) is 0.852. The van der Waals surface area contributed by atoms with E-state index in [9.17, 15) is 0 Å². The molecular formula is C15H21N5. The summed E-state index contributed by atoms with van der Waals surface area (Å²) >= 11 is 0. The van der Waals surface area contributed by atoms with Gasteiger partial charge in [-0.1, -0.05) is 19.9 Å². The molecule has 1 fully saturated rings. The Bertz CT molecular complexity index is 629. The van der Waals surface area contributed by atoms with Crippen LogP contribution in [0, 0.1) is 12.3 Å². The minimum atomic E-state index is 0.374. The van der Waals surface area contributed by atoms with Gasteiger partial charge in [0.05, 0.1) is 6.04 Å². The Kier molecular flexibility index (Phi) is 3.00. The predicted octanol–water partition coefficient (Wildman–Crippen LogP) is 2.98. The largest absolute Gasteiger partial charge is 0.399 e. The average Bonchev–Trinajstić information content (AvgIpc) is 2.98. The van der Waals surface area contributed by atoms with Crippen LogP contribution in [-0.2, 0) is 0 Å². The van der Waals surface area contributed by atoms with Crippen LogP contribution in [0.5, 0.6) is 0 Å². The van der Waals surface area contributed by atoms with E-state index in [1.165, 1.54) is 6.42 Å². The van der Waals surface area contributed by atoms with Crippen molar-refractivity contribution in [2.45, 2.75) is 46.1 Å². The minimum absolute atomic E-state index is 0.374. The molecule has 0 bridgehead atoms. The van der Waals surface area contributed by atoms with Gasteiger partial charge in [-0.05, 0) is 59.7 Å². The molecule has 1 aromatic heterocycles. The van der Waals surface area contributed by atoms with Crippen LogP contribution >= 0.6 is 0 Å². The van der Waals surface area contributed by atoms with Gasteiger partial charge >= 0.3 is 0 Å². The third-order valence-corrected chi connectivity index (χ3v) is 4.28. The fourth-order valence-electron chi connectivity index (χ4n) is 3.11. The summed E-state index contributed by atoms with van der Waals surface area (Å²) in [5.74, 6) is 0.831. The van der Waals surface area contributed by atoms with Crippen LogP contribution in [0.2, 0.25) is 0 Å². The molecule has 0 spiro atoms. The third kappa shape index (κ3) is 2.28. The fourth-order valence-corrected chi connectivity index (χ4v) is 3.11. The van der Waals surface area contributed by atoms with Crippen molar-refractivity contribution in [2.24, 2.45) is 5.41 Å². The van der Waals surface area contributed by atoms with Crippen molar-refractivity contribution < 1.29 is 0 Å². The van der Waals surface area contributed by atoms with Crippen LogP contribution in [0.25, 0.3) is 11.4 Å². The number of hydrogen-bond donors (Lipinski definition) is 1. The van der Waals surface area contributed by atoms with Crippen molar-refractivity contribution in [3.05, 3.63) is 23.8 Å². The van der Waals surface area contributed by atoms with E-state index in [4.69, 9.17) is 5.73 Å². The molecule has 106 valence electrons. The van der Waals surface area contributed by atoms with E-state index >= 15 is 0 Å². The van der Waals surface area contributed by atoms with E-state index in [1.807, 2.05) is 22.9 Å².